The number of benzene rings is 2. The highest BCUT2D eigenvalue weighted by atomic mass is 35.5. The molecule has 0 radical (unpaired) electrons. The predicted molar refractivity (Wildman–Crippen MR) is 158 cm³/mol. The summed E-state index contributed by atoms with van der Waals surface area (Å²) >= 11 is 6.33. The average Bonchev–Trinajstić information content (AvgIpc) is 3.37. The fourth-order valence-corrected chi connectivity index (χ4v) is 4.63. The van der Waals surface area contributed by atoms with Gasteiger partial charge in [0.05, 0.1) is 29.0 Å². The predicted octanol–water partition coefficient (Wildman–Crippen LogP) is 4.33. The average molecular weight is 579 g/mol. The zero-order chi connectivity index (χ0) is 29.7. The van der Waals surface area contributed by atoms with Gasteiger partial charge < -0.3 is 30.0 Å². The van der Waals surface area contributed by atoms with Crippen LogP contribution >= 0.6 is 11.6 Å². The highest BCUT2D eigenvalue weighted by molar-refractivity contribution is 6.32. The van der Waals surface area contributed by atoms with E-state index in [9.17, 15) is 19.8 Å². The summed E-state index contributed by atoms with van der Waals surface area (Å²) in [6, 6.07) is 15.9. The lowest BCUT2D eigenvalue weighted by atomic mass is 10.0. The number of aliphatic hydroxyl groups is 2. The van der Waals surface area contributed by atoms with Gasteiger partial charge in [-0.2, -0.15) is 0 Å². The fourth-order valence-electron chi connectivity index (χ4n) is 4.40. The van der Waals surface area contributed by atoms with Crippen molar-refractivity contribution in [1.82, 2.24) is 20.0 Å². The van der Waals surface area contributed by atoms with Gasteiger partial charge in [0, 0.05) is 35.6 Å². The molecule has 0 bridgehead atoms. The molecule has 2 unspecified atom stereocenters. The molecular weight excluding hydrogens is 544 g/mol. The number of carbonyl (C=O) groups excluding carboxylic acids is 2. The number of halogens is 1. The third-order valence-electron chi connectivity index (χ3n) is 6.49. The van der Waals surface area contributed by atoms with Crippen molar-refractivity contribution >= 4 is 29.1 Å². The second-order valence-electron chi connectivity index (χ2n) is 10.3. The maximum Gasteiger partial charge on any atom is 0.251 e. The second-order valence-corrected chi connectivity index (χ2v) is 10.7. The van der Waals surface area contributed by atoms with Gasteiger partial charge in [-0.05, 0) is 63.9 Å². The van der Waals surface area contributed by atoms with E-state index in [1.54, 1.807) is 25.1 Å². The lowest BCUT2D eigenvalue weighted by molar-refractivity contribution is -0.128. The minimum Gasteiger partial charge on any atom is -0.489 e. The highest BCUT2D eigenvalue weighted by Gasteiger charge is 2.19. The van der Waals surface area contributed by atoms with Crippen molar-refractivity contribution < 1.29 is 24.5 Å². The summed E-state index contributed by atoms with van der Waals surface area (Å²) in [4.78, 5) is 29.9. The fraction of sp³-hybridized carbons (Fsp3) is 0.323. The van der Waals surface area contributed by atoms with Crippen molar-refractivity contribution in [3.05, 3.63) is 88.7 Å². The number of aromatic nitrogens is 2. The Balaban J connectivity index is 1.51. The topological polar surface area (TPSA) is 125 Å². The molecule has 3 atom stereocenters. The Hall–Kier alpha value is -3.92. The van der Waals surface area contributed by atoms with Gasteiger partial charge >= 0.3 is 0 Å². The number of amides is 2. The van der Waals surface area contributed by atoms with Crippen LogP contribution in [0.25, 0.3) is 16.9 Å². The number of hydrogen-bond acceptors (Lipinski definition) is 6. The molecule has 2 amide bonds. The first kappa shape index (κ1) is 30.0. The van der Waals surface area contributed by atoms with Crippen molar-refractivity contribution in [2.24, 2.45) is 0 Å². The molecule has 4 rings (SSSR count). The van der Waals surface area contributed by atoms with Crippen LogP contribution in [0, 0.1) is 0 Å². The first-order valence-corrected chi connectivity index (χ1v) is 13.9. The summed E-state index contributed by atoms with van der Waals surface area (Å²) in [6.07, 6.45) is 2.35. The second kappa shape index (κ2) is 13.2. The van der Waals surface area contributed by atoms with Gasteiger partial charge in [0.2, 0.25) is 5.91 Å². The van der Waals surface area contributed by atoms with Gasteiger partial charge in [0.25, 0.3) is 5.91 Å². The third kappa shape index (κ3) is 7.64. The van der Waals surface area contributed by atoms with Gasteiger partial charge in [-0.3, -0.25) is 9.59 Å². The summed E-state index contributed by atoms with van der Waals surface area (Å²) in [6.45, 7) is 6.99. The van der Waals surface area contributed by atoms with Crippen LogP contribution in [0.5, 0.6) is 5.75 Å². The molecule has 0 aliphatic rings. The van der Waals surface area contributed by atoms with Crippen LogP contribution in [0.2, 0.25) is 5.02 Å². The highest BCUT2D eigenvalue weighted by Crippen LogP contribution is 2.27. The number of carbonyl (C=O) groups is 2. The van der Waals surface area contributed by atoms with E-state index in [4.69, 9.17) is 21.3 Å². The molecule has 0 saturated heterocycles. The number of aliphatic hydroxyl groups excluding tert-OH is 2. The number of ether oxygens (including phenoxy) is 1. The zero-order valence-corrected chi connectivity index (χ0v) is 24.2. The Bertz CT molecular complexity index is 1510. The molecule has 216 valence electrons. The first-order chi connectivity index (χ1) is 19.5. The SMILES string of the molecule is CC(C)Oc1ccc(C(=O)NC(CNC(=O)[C@H](C)O)Cc2ccc(-c3cn4cccc(C(C)O)c4n3)cc2)cc1Cl. The van der Waals surface area contributed by atoms with E-state index in [0.717, 1.165) is 22.4 Å². The molecule has 0 spiro atoms. The Morgan fingerprint density at radius 3 is 2.41 bits per heavy atom. The monoisotopic (exact) mass is 578 g/mol. The summed E-state index contributed by atoms with van der Waals surface area (Å²) in [7, 11) is 0. The van der Waals surface area contributed by atoms with Gasteiger partial charge in [-0.15, -0.1) is 0 Å². The van der Waals surface area contributed by atoms with E-state index >= 15 is 0 Å². The van der Waals surface area contributed by atoms with Crippen LogP contribution in [-0.2, 0) is 11.2 Å². The van der Waals surface area contributed by atoms with E-state index < -0.39 is 24.2 Å². The van der Waals surface area contributed by atoms with E-state index in [2.05, 4.69) is 10.6 Å². The van der Waals surface area contributed by atoms with Crippen molar-refractivity contribution in [1.29, 1.82) is 0 Å². The molecule has 41 heavy (non-hydrogen) atoms. The number of nitrogens with zero attached hydrogens (tertiary/aromatic N) is 2. The molecule has 4 aromatic rings. The number of imidazole rings is 1. The standard InChI is InChI=1S/C31H35ClN4O5/c1-18(2)41-28-12-11-23(15-26(28)32)31(40)34-24(16-33-30(39)20(4)38)14-21-7-9-22(10-8-21)27-17-36-13-5-6-25(19(3)37)29(36)35-27/h5-13,15,17-20,24,37-38H,14,16H2,1-4H3,(H,33,39)(H,34,40)/t19?,20-,24?/m0/s1. The van der Waals surface area contributed by atoms with Gasteiger partial charge in [-0.25, -0.2) is 4.98 Å². The van der Waals surface area contributed by atoms with Crippen molar-refractivity contribution in [2.45, 2.75) is 58.5 Å². The van der Waals surface area contributed by atoms with Crippen molar-refractivity contribution in [3.63, 3.8) is 0 Å². The van der Waals surface area contributed by atoms with Crippen LogP contribution < -0.4 is 15.4 Å². The quantitative estimate of drug-likeness (QED) is 0.210. The van der Waals surface area contributed by atoms with Gasteiger partial charge in [0.1, 0.15) is 17.5 Å². The first-order valence-electron chi connectivity index (χ1n) is 13.5. The Morgan fingerprint density at radius 2 is 1.78 bits per heavy atom. The van der Waals surface area contributed by atoms with Crippen LogP contribution in [-0.4, -0.2) is 56.2 Å². The number of pyridine rings is 1. The Labute approximate surface area is 244 Å². The maximum absolute atomic E-state index is 13.1. The van der Waals surface area contributed by atoms with Gasteiger partial charge in [-0.1, -0.05) is 41.9 Å². The van der Waals surface area contributed by atoms with Crippen LogP contribution in [0.1, 0.15) is 55.3 Å². The molecule has 0 aliphatic heterocycles. The molecule has 0 aliphatic carbocycles. The Morgan fingerprint density at radius 1 is 1.05 bits per heavy atom. The minimum absolute atomic E-state index is 0.0603. The maximum atomic E-state index is 13.1. The summed E-state index contributed by atoms with van der Waals surface area (Å²) in [5.41, 5.74) is 4.39. The van der Waals surface area contributed by atoms with Crippen LogP contribution in [0.4, 0.5) is 0 Å². The van der Waals surface area contributed by atoms with E-state index in [1.165, 1.54) is 6.92 Å². The molecule has 4 N–H and O–H groups in total. The van der Waals surface area contributed by atoms with E-state index in [-0.39, 0.29) is 18.6 Å². The number of fused-ring (bicyclic) bond motifs is 1. The largest absolute Gasteiger partial charge is 0.489 e. The lowest BCUT2D eigenvalue weighted by Crippen LogP contribution is -2.46. The molecule has 0 fully saturated rings. The number of hydrogen-bond donors (Lipinski definition) is 4. The van der Waals surface area contributed by atoms with Gasteiger partial charge in [0.15, 0.2) is 0 Å². The Kier molecular flexibility index (Phi) is 9.65. The molecule has 2 heterocycles. The molecule has 9 nitrogen and oxygen atoms in total. The minimum atomic E-state index is -1.17. The smallest absolute Gasteiger partial charge is 0.251 e. The lowest BCUT2D eigenvalue weighted by Gasteiger charge is -2.21. The molecule has 2 aromatic heterocycles. The summed E-state index contributed by atoms with van der Waals surface area (Å²) in [5.74, 6) is -0.387. The van der Waals surface area contributed by atoms with E-state index in [0.29, 0.717) is 28.4 Å². The molecule has 10 heteroatoms. The molecular formula is C31H35ClN4O5. The van der Waals surface area contributed by atoms with Crippen molar-refractivity contribution in [2.75, 3.05) is 6.54 Å². The van der Waals surface area contributed by atoms with Crippen LogP contribution in [0.15, 0.2) is 67.0 Å². The number of rotatable bonds is 11. The van der Waals surface area contributed by atoms with E-state index in [1.807, 2.05) is 67.0 Å². The summed E-state index contributed by atoms with van der Waals surface area (Å²) in [5, 5.41) is 25.7. The van der Waals surface area contributed by atoms with Crippen molar-refractivity contribution in [3.8, 4) is 17.0 Å². The zero-order valence-electron chi connectivity index (χ0n) is 23.5. The molecule has 0 saturated carbocycles. The normalized spacial score (nSPS) is 13.6. The molecule has 2 aromatic carbocycles. The third-order valence-corrected chi connectivity index (χ3v) is 6.78. The summed E-state index contributed by atoms with van der Waals surface area (Å²) < 4.78 is 7.53. The number of nitrogens with one attached hydrogen (secondary N) is 2. The van der Waals surface area contributed by atoms with Crippen LogP contribution in [0.3, 0.4) is 0 Å².